The lowest BCUT2D eigenvalue weighted by Gasteiger charge is -2.22. The first-order valence-electron chi connectivity index (χ1n) is 5.55. The second-order valence-corrected chi connectivity index (χ2v) is 4.76. The summed E-state index contributed by atoms with van der Waals surface area (Å²) in [6, 6.07) is 5.41. The van der Waals surface area contributed by atoms with E-state index in [0.717, 1.165) is 11.3 Å². The molecule has 17 heavy (non-hydrogen) atoms. The molecule has 0 saturated carbocycles. The van der Waals surface area contributed by atoms with E-state index < -0.39 is 5.60 Å². The number of rotatable bonds is 4. The molecule has 0 aromatic heterocycles. The predicted octanol–water partition coefficient (Wildman–Crippen LogP) is 2.33. The molecule has 0 fully saturated rings. The van der Waals surface area contributed by atoms with Crippen molar-refractivity contribution in [3.05, 3.63) is 23.8 Å². The fourth-order valence-electron chi connectivity index (χ4n) is 1.48. The number of ether oxygens (including phenoxy) is 1. The van der Waals surface area contributed by atoms with Crippen LogP contribution >= 0.6 is 0 Å². The Labute approximate surface area is 102 Å². The van der Waals surface area contributed by atoms with Gasteiger partial charge in [0.2, 0.25) is 5.91 Å². The number of anilines is 2. The van der Waals surface area contributed by atoms with Crippen LogP contribution in [-0.4, -0.2) is 18.6 Å². The molecule has 1 aromatic carbocycles. The number of hydrogen-bond donors (Lipinski definition) is 2. The molecule has 1 rings (SSSR count). The summed E-state index contributed by atoms with van der Waals surface area (Å²) in [6.07, 6.45) is 0.313. The van der Waals surface area contributed by atoms with Gasteiger partial charge in [-0.25, -0.2) is 0 Å². The second-order valence-electron chi connectivity index (χ2n) is 4.76. The van der Waals surface area contributed by atoms with Gasteiger partial charge in [-0.1, -0.05) is 0 Å². The van der Waals surface area contributed by atoms with Crippen LogP contribution in [-0.2, 0) is 9.53 Å². The maximum absolute atomic E-state index is 11.8. The van der Waals surface area contributed by atoms with E-state index >= 15 is 0 Å². The van der Waals surface area contributed by atoms with E-state index in [1.54, 1.807) is 13.2 Å². The maximum atomic E-state index is 11.8. The predicted molar refractivity (Wildman–Crippen MR) is 69.9 cm³/mol. The highest BCUT2D eigenvalue weighted by molar-refractivity contribution is 5.92. The molecule has 3 N–H and O–H groups in total. The molecule has 0 aliphatic heterocycles. The van der Waals surface area contributed by atoms with E-state index in [1.165, 1.54) is 0 Å². The Bertz CT molecular complexity index is 414. The minimum absolute atomic E-state index is 0.0651. The Kier molecular flexibility index (Phi) is 4.12. The number of hydrogen-bond acceptors (Lipinski definition) is 3. The lowest BCUT2D eigenvalue weighted by Crippen LogP contribution is -2.29. The van der Waals surface area contributed by atoms with Crippen LogP contribution in [0.5, 0.6) is 0 Å². The number of methoxy groups -OCH3 is 1. The normalized spacial score (nSPS) is 11.3. The van der Waals surface area contributed by atoms with Crippen LogP contribution in [0.15, 0.2) is 18.2 Å². The molecule has 0 radical (unpaired) electrons. The summed E-state index contributed by atoms with van der Waals surface area (Å²) in [5, 5.41) is 2.85. The zero-order chi connectivity index (χ0) is 13.1. The van der Waals surface area contributed by atoms with E-state index in [4.69, 9.17) is 10.5 Å². The Morgan fingerprint density at radius 2 is 2.12 bits per heavy atom. The summed E-state index contributed by atoms with van der Waals surface area (Å²) in [5.74, 6) is -0.0651. The number of carbonyl (C=O) groups is 1. The van der Waals surface area contributed by atoms with Crippen molar-refractivity contribution in [2.45, 2.75) is 32.8 Å². The molecule has 0 atom stereocenters. The lowest BCUT2D eigenvalue weighted by atomic mass is 10.0. The van der Waals surface area contributed by atoms with Gasteiger partial charge in [-0.05, 0) is 44.5 Å². The molecule has 1 aromatic rings. The number of benzene rings is 1. The minimum Gasteiger partial charge on any atom is -0.399 e. The Morgan fingerprint density at radius 1 is 1.47 bits per heavy atom. The third kappa shape index (κ3) is 4.07. The molecule has 94 valence electrons. The van der Waals surface area contributed by atoms with Gasteiger partial charge in [0.15, 0.2) is 0 Å². The standard InChI is InChI=1S/C13H20N2O2/c1-9-7-10(14)5-6-11(9)15-12(16)8-13(2,3)17-4/h5-7H,8,14H2,1-4H3,(H,15,16). The third-order valence-electron chi connectivity index (χ3n) is 2.66. The number of nitrogens with one attached hydrogen (secondary N) is 1. The zero-order valence-corrected chi connectivity index (χ0v) is 10.8. The van der Waals surface area contributed by atoms with Crippen LogP contribution in [0.4, 0.5) is 11.4 Å². The van der Waals surface area contributed by atoms with E-state index in [2.05, 4.69) is 5.32 Å². The lowest BCUT2D eigenvalue weighted by molar-refractivity contribution is -0.121. The van der Waals surface area contributed by atoms with Crippen molar-refractivity contribution in [2.24, 2.45) is 0 Å². The minimum atomic E-state index is -0.453. The summed E-state index contributed by atoms with van der Waals surface area (Å²) < 4.78 is 5.21. The first-order valence-corrected chi connectivity index (χ1v) is 5.55. The van der Waals surface area contributed by atoms with Crippen molar-refractivity contribution >= 4 is 17.3 Å². The van der Waals surface area contributed by atoms with Crippen LogP contribution in [0.3, 0.4) is 0 Å². The topological polar surface area (TPSA) is 64.3 Å². The van der Waals surface area contributed by atoms with E-state index in [0.29, 0.717) is 12.1 Å². The number of amides is 1. The molecule has 0 bridgehead atoms. The van der Waals surface area contributed by atoms with E-state index in [1.807, 2.05) is 32.9 Å². The molecule has 4 nitrogen and oxygen atoms in total. The molecule has 0 unspecified atom stereocenters. The number of aryl methyl sites for hydroxylation is 1. The summed E-state index contributed by atoms with van der Waals surface area (Å²) >= 11 is 0. The number of nitrogens with two attached hydrogens (primary N) is 1. The van der Waals surface area contributed by atoms with Crippen molar-refractivity contribution in [1.82, 2.24) is 0 Å². The second kappa shape index (κ2) is 5.19. The fourth-order valence-corrected chi connectivity index (χ4v) is 1.48. The van der Waals surface area contributed by atoms with Gasteiger partial charge in [-0.15, -0.1) is 0 Å². The van der Waals surface area contributed by atoms with Crippen molar-refractivity contribution in [1.29, 1.82) is 0 Å². The number of nitrogen functional groups attached to an aromatic ring is 1. The van der Waals surface area contributed by atoms with Crippen LogP contribution in [0.1, 0.15) is 25.8 Å². The largest absolute Gasteiger partial charge is 0.399 e. The van der Waals surface area contributed by atoms with Crippen LogP contribution < -0.4 is 11.1 Å². The molecule has 0 aliphatic rings. The summed E-state index contributed by atoms with van der Waals surface area (Å²) in [5.41, 5.74) is 7.63. The van der Waals surface area contributed by atoms with E-state index in [-0.39, 0.29) is 5.91 Å². The van der Waals surface area contributed by atoms with Gasteiger partial charge < -0.3 is 15.8 Å². The highest BCUT2D eigenvalue weighted by Gasteiger charge is 2.21. The zero-order valence-electron chi connectivity index (χ0n) is 10.8. The SMILES string of the molecule is COC(C)(C)CC(=O)Nc1ccc(N)cc1C. The first-order chi connectivity index (χ1) is 7.84. The maximum Gasteiger partial charge on any atom is 0.227 e. The first kappa shape index (κ1) is 13.5. The number of carbonyl (C=O) groups excluding carboxylic acids is 1. The summed E-state index contributed by atoms with van der Waals surface area (Å²) in [7, 11) is 1.60. The molecule has 0 heterocycles. The molecule has 0 saturated heterocycles. The summed E-state index contributed by atoms with van der Waals surface area (Å²) in [6.45, 7) is 5.66. The molecule has 0 aliphatic carbocycles. The van der Waals surface area contributed by atoms with Gasteiger partial charge in [0.1, 0.15) is 0 Å². The fraction of sp³-hybridized carbons (Fsp3) is 0.462. The Balaban J connectivity index is 2.69. The Hall–Kier alpha value is -1.55. The smallest absolute Gasteiger partial charge is 0.227 e. The average molecular weight is 236 g/mol. The molecule has 0 spiro atoms. The van der Waals surface area contributed by atoms with Crippen LogP contribution in [0, 0.1) is 6.92 Å². The molecular formula is C13H20N2O2. The molecular weight excluding hydrogens is 216 g/mol. The quantitative estimate of drug-likeness (QED) is 0.789. The van der Waals surface area contributed by atoms with Gasteiger partial charge in [0.05, 0.1) is 12.0 Å². The van der Waals surface area contributed by atoms with Gasteiger partial charge in [-0.2, -0.15) is 0 Å². The highest BCUT2D eigenvalue weighted by atomic mass is 16.5. The van der Waals surface area contributed by atoms with Gasteiger partial charge >= 0.3 is 0 Å². The average Bonchev–Trinajstić information content (AvgIpc) is 2.21. The van der Waals surface area contributed by atoms with Crippen molar-refractivity contribution in [3.63, 3.8) is 0 Å². The van der Waals surface area contributed by atoms with Crippen LogP contribution in [0.25, 0.3) is 0 Å². The van der Waals surface area contributed by atoms with Gasteiger partial charge in [-0.3, -0.25) is 4.79 Å². The van der Waals surface area contributed by atoms with Crippen molar-refractivity contribution in [3.8, 4) is 0 Å². The Morgan fingerprint density at radius 3 is 2.65 bits per heavy atom. The van der Waals surface area contributed by atoms with Gasteiger partial charge in [0.25, 0.3) is 0 Å². The van der Waals surface area contributed by atoms with Gasteiger partial charge in [0, 0.05) is 18.5 Å². The summed E-state index contributed by atoms with van der Waals surface area (Å²) in [4.78, 5) is 11.8. The third-order valence-corrected chi connectivity index (χ3v) is 2.66. The van der Waals surface area contributed by atoms with Crippen molar-refractivity contribution in [2.75, 3.05) is 18.2 Å². The monoisotopic (exact) mass is 236 g/mol. The highest BCUT2D eigenvalue weighted by Crippen LogP contribution is 2.19. The van der Waals surface area contributed by atoms with Crippen molar-refractivity contribution < 1.29 is 9.53 Å². The molecule has 4 heteroatoms. The van der Waals surface area contributed by atoms with E-state index in [9.17, 15) is 4.79 Å². The molecule has 1 amide bonds. The van der Waals surface area contributed by atoms with Crippen LogP contribution in [0.2, 0.25) is 0 Å².